The topological polar surface area (TPSA) is 32.3 Å². The van der Waals surface area contributed by atoms with Crippen LogP contribution in [0.25, 0.3) is 0 Å². The number of rotatable bonds is 3. The minimum Gasteiger partial charge on any atom is -0.335 e. The van der Waals surface area contributed by atoms with Crippen LogP contribution < -0.4 is 5.32 Å². The highest BCUT2D eigenvalue weighted by Crippen LogP contribution is 2.17. The monoisotopic (exact) mass is 184 g/mol. The Balaban J connectivity index is 2.29. The molecule has 1 aliphatic rings. The van der Waals surface area contributed by atoms with Gasteiger partial charge in [-0.3, -0.25) is 0 Å². The quantitative estimate of drug-likeness (QED) is 0.714. The lowest BCUT2D eigenvalue weighted by Gasteiger charge is -2.22. The second kappa shape index (κ2) is 5.10. The molecule has 3 nitrogen and oxygen atoms in total. The fraction of sp³-hybridized carbons (Fsp3) is 0.900. The third-order valence-electron chi connectivity index (χ3n) is 2.73. The Morgan fingerprint density at radius 2 is 1.85 bits per heavy atom. The van der Waals surface area contributed by atoms with Crippen molar-refractivity contribution in [3.8, 4) is 0 Å². The second-order valence-electron chi connectivity index (χ2n) is 3.60. The van der Waals surface area contributed by atoms with Crippen LogP contribution in [-0.2, 0) is 0 Å². The summed E-state index contributed by atoms with van der Waals surface area (Å²) in [7, 11) is 0. The van der Waals surface area contributed by atoms with E-state index in [1.165, 1.54) is 12.8 Å². The van der Waals surface area contributed by atoms with Crippen LogP contribution in [0, 0.1) is 0 Å². The maximum absolute atomic E-state index is 11.6. The molecule has 0 spiro atoms. The summed E-state index contributed by atoms with van der Waals surface area (Å²) in [5.41, 5.74) is 0. The van der Waals surface area contributed by atoms with E-state index in [0.717, 1.165) is 25.9 Å². The Bertz CT molecular complexity index is 160. The highest BCUT2D eigenvalue weighted by Gasteiger charge is 2.18. The largest absolute Gasteiger partial charge is 0.335 e. The van der Waals surface area contributed by atoms with Gasteiger partial charge in [0, 0.05) is 19.1 Å². The molecule has 0 aromatic heterocycles. The molecule has 0 aliphatic heterocycles. The van der Waals surface area contributed by atoms with Gasteiger partial charge in [-0.25, -0.2) is 4.79 Å². The van der Waals surface area contributed by atoms with Crippen LogP contribution in [0.15, 0.2) is 0 Å². The average Bonchev–Trinajstić information content (AvgIpc) is 2.59. The third-order valence-corrected chi connectivity index (χ3v) is 2.73. The van der Waals surface area contributed by atoms with Crippen LogP contribution in [0.3, 0.4) is 0 Å². The van der Waals surface area contributed by atoms with Gasteiger partial charge in [0.1, 0.15) is 0 Å². The predicted molar refractivity (Wildman–Crippen MR) is 53.7 cm³/mol. The van der Waals surface area contributed by atoms with Gasteiger partial charge in [-0.15, -0.1) is 0 Å². The van der Waals surface area contributed by atoms with Crippen LogP contribution in [0.4, 0.5) is 4.79 Å². The van der Waals surface area contributed by atoms with Crippen molar-refractivity contribution in [1.29, 1.82) is 0 Å². The summed E-state index contributed by atoms with van der Waals surface area (Å²) >= 11 is 0. The van der Waals surface area contributed by atoms with E-state index in [2.05, 4.69) is 5.32 Å². The molecule has 13 heavy (non-hydrogen) atoms. The molecular formula is C10H20N2O. The number of hydrogen-bond acceptors (Lipinski definition) is 1. The summed E-state index contributed by atoms with van der Waals surface area (Å²) in [5.74, 6) is 0. The maximum Gasteiger partial charge on any atom is 0.317 e. The van der Waals surface area contributed by atoms with E-state index in [4.69, 9.17) is 0 Å². The van der Waals surface area contributed by atoms with E-state index in [0.29, 0.717) is 6.04 Å². The molecule has 0 bridgehead atoms. The van der Waals surface area contributed by atoms with Crippen molar-refractivity contribution in [1.82, 2.24) is 10.2 Å². The van der Waals surface area contributed by atoms with Crippen LogP contribution >= 0.6 is 0 Å². The molecule has 1 N–H and O–H groups in total. The smallest absolute Gasteiger partial charge is 0.317 e. The fourth-order valence-corrected chi connectivity index (χ4v) is 1.85. The molecular weight excluding hydrogens is 164 g/mol. The van der Waals surface area contributed by atoms with Crippen molar-refractivity contribution >= 4 is 6.03 Å². The summed E-state index contributed by atoms with van der Waals surface area (Å²) in [6.45, 7) is 5.62. The Morgan fingerprint density at radius 1 is 1.31 bits per heavy atom. The van der Waals surface area contributed by atoms with E-state index in [1.807, 2.05) is 18.7 Å². The highest BCUT2D eigenvalue weighted by molar-refractivity contribution is 5.74. The predicted octanol–water partition coefficient (Wildman–Crippen LogP) is 1.98. The molecule has 0 aromatic rings. The molecule has 0 unspecified atom stereocenters. The highest BCUT2D eigenvalue weighted by atomic mass is 16.2. The number of hydrogen-bond donors (Lipinski definition) is 1. The molecule has 2 amide bonds. The molecule has 3 heteroatoms. The Kier molecular flexibility index (Phi) is 4.06. The summed E-state index contributed by atoms with van der Waals surface area (Å²) in [6.07, 6.45) is 4.85. The van der Waals surface area contributed by atoms with Crippen LogP contribution in [0.1, 0.15) is 39.5 Å². The first-order valence-corrected chi connectivity index (χ1v) is 5.33. The van der Waals surface area contributed by atoms with Crippen molar-refractivity contribution in [3.05, 3.63) is 0 Å². The number of nitrogens with zero attached hydrogens (tertiary/aromatic N) is 1. The summed E-state index contributed by atoms with van der Waals surface area (Å²) in [4.78, 5) is 13.4. The number of amides is 2. The van der Waals surface area contributed by atoms with Gasteiger partial charge in [0.25, 0.3) is 0 Å². The van der Waals surface area contributed by atoms with Gasteiger partial charge in [-0.1, -0.05) is 12.8 Å². The maximum atomic E-state index is 11.6. The number of carbonyl (C=O) groups is 1. The second-order valence-corrected chi connectivity index (χ2v) is 3.60. The van der Waals surface area contributed by atoms with Crippen LogP contribution in [0.2, 0.25) is 0 Å². The van der Waals surface area contributed by atoms with Crippen molar-refractivity contribution < 1.29 is 4.79 Å². The zero-order valence-electron chi connectivity index (χ0n) is 8.68. The Labute approximate surface area is 80.5 Å². The normalized spacial score (nSPS) is 17.4. The van der Waals surface area contributed by atoms with Gasteiger partial charge in [0.05, 0.1) is 0 Å². The summed E-state index contributed by atoms with van der Waals surface area (Å²) in [6, 6.07) is 0.546. The van der Waals surface area contributed by atoms with E-state index < -0.39 is 0 Å². The molecule has 1 saturated carbocycles. The molecule has 0 atom stereocenters. The minimum absolute atomic E-state index is 0.108. The number of nitrogens with one attached hydrogen (secondary N) is 1. The lowest BCUT2D eigenvalue weighted by molar-refractivity contribution is 0.199. The van der Waals surface area contributed by atoms with Crippen molar-refractivity contribution in [2.24, 2.45) is 0 Å². The lowest BCUT2D eigenvalue weighted by Crippen LogP contribution is -2.43. The minimum atomic E-state index is 0.108. The molecule has 76 valence electrons. The van der Waals surface area contributed by atoms with E-state index in [9.17, 15) is 4.79 Å². The van der Waals surface area contributed by atoms with Crippen molar-refractivity contribution in [2.45, 2.75) is 45.6 Å². The first kappa shape index (κ1) is 10.4. The SMILES string of the molecule is CCN(CC)C(=O)NC1CCCC1. The van der Waals surface area contributed by atoms with Gasteiger partial charge >= 0.3 is 6.03 Å². The van der Waals surface area contributed by atoms with Gasteiger partial charge in [-0.05, 0) is 26.7 Å². The standard InChI is InChI=1S/C10H20N2O/c1-3-12(4-2)10(13)11-9-7-5-6-8-9/h9H,3-8H2,1-2H3,(H,11,13). The zero-order chi connectivity index (χ0) is 9.68. The Morgan fingerprint density at radius 3 is 2.31 bits per heavy atom. The van der Waals surface area contributed by atoms with E-state index in [-0.39, 0.29) is 6.03 Å². The van der Waals surface area contributed by atoms with Crippen molar-refractivity contribution in [3.63, 3.8) is 0 Å². The summed E-state index contributed by atoms with van der Waals surface area (Å²) < 4.78 is 0. The molecule has 0 heterocycles. The van der Waals surface area contributed by atoms with Crippen LogP contribution in [0.5, 0.6) is 0 Å². The molecule has 1 rings (SSSR count). The van der Waals surface area contributed by atoms with E-state index in [1.54, 1.807) is 0 Å². The van der Waals surface area contributed by atoms with Crippen molar-refractivity contribution in [2.75, 3.05) is 13.1 Å². The van der Waals surface area contributed by atoms with Gasteiger partial charge in [0.2, 0.25) is 0 Å². The molecule has 0 aromatic carbocycles. The lowest BCUT2D eigenvalue weighted by atomic mass is 10.2. The van der Waals surface area contributed by atoms with E-state index >= 15 is 0 Å². The molecule has 0 saturated heterocycles. The zero-order valence-corrected chi connectivity index (χ0v) is 8.68. The number of urea groups is 1. The first-order valence-electron chi connectivity index (χ1n) is 5.33. The summed E-state index contributed by atoms with van der Waals surface area (Å²) in [5, 5.41) is 3.07. The molecule has 1 fully saturated rings. The first-order chi connectivity index (χ1) is 6.27. The molecule has 0 radical (unpaired) electrons. The fourth-order valence-electron chi connectivity index (χ4n) is 1.85. The Hall–Kier alpha value is -0.730. The van der Waals surface area contributed by atoms with Gasteiger partial charge < -0.3 is 10.2 Å². The van der Waals surface area contributed by atoms with Gasteiger partial charge in [0.15, 0.2) is 0 Å². The van der Waals surface area contributed by atoms with Crippen LogP contribution in [-0.4, -0.2) is 30.1 Å². The third kappa shape index (κ3) is 2.90. The average molecular weight is 184 g/mol. The van der Waals surface area contributed by atoms with Gasteiger partial charge in [-0.2, -0.15) is 0 Å². The number of carbonyl (C=O) groups excluding carboxylic acids is 1. The molecule has 1 aliphatic carbocycles.